The van der Waals surface area contributed by atoms with Crippen LogP contribution < -0.4 is 15.4 Å². The first-order valence-electron chi connectivity index (χ1n) is 22.0. The van der Waals surface area contributed by atoms with Crippen LogP contribution in [0.25, 0.3) is 44.2 Å². The first kappa shape index (κ1) is 42.8. The highest BCUT2D eigenvalue weighted by Crippen LogP contribution is 2.44. The molecule has 5 aromatic rings. The monoisotopic (exact) mass is 871 g/mol. The minimum absolute atomic E-state index is 0.0675. The van der Waals surface area contributed by atoms with E-state index in [1.807, 2.05) is 60.2 Å². The number of imidazole rings is 2. The number of aromatic amines is 2. The van der Waals surface area contributed by atoms with E-state index in [1.165, 1.54) is 19.5 Å². The Morgan fingerprint density at radius 2 is 1.81 bits per heavy atom. The zero-order valence-corrected chi connectivity index (χ0v) is 36.8. The van der Waals surface area contributed by atoms with E-state index in [4.69, 9.17) is 28.9 Å². The SMILES string of the molecule is COCC1CC(c2nc3c(ccc4cc5c(cc43)OCc3cc(-c4cnc(C6CCCN6C(=O)C([NH2+]C(=O)OC)C(C)C)[nH]4)ccc3-5)[nH]2)N(C(=O)C(NC(=O)OC)C2C=CC=CC2)C1. The van der Waals surface area contributed by atoms with Crippen LogP contribution in [0.2, 0.25) is 0 Å². The predicted octanol–water partition coefficient (Wildman–Crippen LogP) is 6.08. The van der Waals surface area contributed by atoms with Crippen LogP contribution in [0.5, 0.6) is 5.75 Å². The summed E-state index contributed by atoms with van der Waals surface area (Å²) in [5, 5.41) is 6.13. The number of nitrogens with one attached hydrogen (secondary N) is 3. The lowest BCUT2D eigenvalue weighted by atomic mass is 9.91. The van der Waals surface area contributed by atoms with Crippen molar-refractivity contribution in [3.63, 3.8) is 0 Å². The molecule has 0 saturated carbocycles. The fourth-order valence-corrected chi connectivity index (χ4v) is 9.90. The van der Waals surface area contributed by atoms with Gasteiger partial charge in [-0.15, -0.1) is 0 Å². The molecule has 2 fully saturated rings. The molecule has 9 rings (SSSR count). The summed E-state index contributed by atoms with van der Waals surface area (Å²) in [4.78, 5) is 73.4. The van der Waals surface area contributed by atoms with E-state index in [9.17, 15) is 19.2 Å². The number of primary amides is 1. The molecule has 3 aromatic carbocycles. The van der Waals surface area contributed by atoms with Crippen LogP contribution in [0.15, 0.2) is 73.0 Å². The second kappa shape index (κ2) is 17.9. The molecule has 5 N–H and O–H groups in total. The molecule has 6 unspecified atom stereocenters. The van der Waals surface area contributed by atoms with Crippen molar-refractivity contribution >= 4 is 45.8 Å². The Hall–Kier alpha value is -6.52. The van der Waals surface area contributed by atoms with Gasteiger partial charge in [0.25, 0.3) is 5.91 Å². The fourth-order valence-electron chi connectivity index (χ4n) is 9.90. The minimum Gasteiger partial charge on any atom is -0.488 e. The molecule has 0 spiro atoms. The molecule has 3 aliphatic heterocycles. The number of H-pyrrole nitrogens is 2. The van der Waals surface area contributed by atoms with E-state index in [0.717, 1.165) is 74.2 Å². The number of nitrogens with zero attached hydrogens (tertiary/aromatic N) is 4. The summed E-state index contributed by atoms with van der Waals surface area (Å²) in [6, 6.07) is 12.6. The Morgan fingerprint density at radius 1 is 0.953 bits per heavy atom. The second-order valence-electron chi connectivity index (χ2n) is 17.5. The highest BCUT2D eigenvalue weighted by Gasteiger charge is 2.43. The number of fused-ring (bicyclic) bond motifs is 6. The van der Waals surface area contributed by atoms with Crippen LogP contribution in [-0.2, 0) is 30.4 Å². The third kappa shape index (κ3) is 8.11. The number of rotatable bonds is 11. The van der Waals surface area contributed by atoms with Crippen molar-refractivity contribution in [2.45, 2.75) is 70.3 Å². The van der Waals surface area contributed by atoms with Crippen LogP contribution in [0.4, 0.5) is 9.59 Å². The summed E-state index contributed by atoms with van der Waals surface area (Å²) >= 11 is 0. The van der Waals surface area contributed by atoms with Crippen LogP contribution in [0.3, 0.4) is 0 Å². The number of nitrogens with two attached hydrogens (primary N) is 1. The lowest BCUT2D eigenvalue weighted by Gasteiger charge is -2.31. The molecule has 64 heavy (non-hydrogen) atoms. The van der Waals surface area contributed by atoms with E-state index in [1.54, 1.807) is 7.11 Å². The van der Waals surface area contributed by atoms with Gasteiger partial charge >= 0.3 is 12.2 Å². The van der Waals surface area contributed by atoms with Gasteiger partial charge in [-0.1, -0.05) is 56.4 Å². The molecule has 6 atom stereocenters. The summed E-state index contributed by atoms with van der Waals surface area (Å²) < 4.78 is 21.8. The minimum atomic E-state index is -0.815. The molecule has 4 aliphatic rings. The van der Waals surface area contributed by atoms with Gasteiger partial charge in [0.1, 0.15) is 30.0 Å². The number of methoxy groups -OCH3 is 3. The van der Waals surface area contributed by atoms with Gasteiger partial charge in [-0.05, 0) is 72.0 Å². The molecule has 2 saturated heterocycles. The number of ether oxygens (including phenoxy) is 4. The Labute approximate surface area is 370 Å². The number of likely N-dealkylation sites (tertiary alicyclic amines) is 2. The number of hydrogen-bond acceptors (Lipinski definition) is 10. The predicted molar refractivity (Wildman–Crippen MR) is 238 cm³/mol. The van der Waals surface area contributed by atoms with Gasteiger partial charge in [0.15, 0.2) is 6.04 Å². The van der Waals surface area contributed by atoms with Gasteiger partial charge in [-0.25, -0.2) is 20.1 Å². The van der Waals surface area contributed by atoms with Gasteiger partial charge in [-0.2, -0.15) is 4.79 Å². The molecule has 334 valence electrons. The average Bonchev–Trinajstić information content (AvgIpc) is 4.15. The lowest BCUT2D eigenvalue weighted by molar-refractivity contribution is -0.601. The molecule has 0 radical (unpaired) electrons. The van der Waals surface area contributed by atoms with E-state index in [0.29, 0.717) is 45.0 Å². The van der Waals surface area contributed by atoms with E-state index in [-0.39, 0.29) is 41.7 Å². The summed E-state index contributed by atoms with van der Waals surface area (Å²) in [5.41, 5.74) is 6.52. The fraction of sp³-hybridized carbons (Fsp3) is 0.417. The van der Waals surface area contributed by atoms with Crippen molar-refractivity contribution < 1.29 is 43.4 Å². The van der Waals surface area contributed by atoms with Gasteiger partial charge in [0, 0.05) is 48.9 Å². The number of allylic oxidation sites excluding steroid dienone is 3. The highest BCUT2D eigenvalue weighted by atomic mass is 16.5. The third-order valence-corrected chi connectivity index (χ3v) is 13.2. The topological polar surface area (TPSA) is 198 Å². The number of quaternary nitrogens is 1. The summed E-state index contributed by atoms with van der Waals surface area (Å²) in [7, 11) is 4.28. The average molecular weight is 872 g/mol. The Bertz CT molecular complexity index is 2670. The van der Waals surface area contributed by atoms with Crippen LogP contribution >= 0.6 is 0 Å². The zero-order valence-electron chi connectivity index (χ0n) is 36.8. The van der Waals surface area contributed by atoms with Crippen LogP contribution in [-0.4, -0.2) is 107 Å². The van der Waals surface area contributed by atoms with Crippen LogP contribution in [0, 0.1) is 17.8 Å². The summed E-state index contributed by atoms with van der Waals surface area (Å²) in [6.07, 6.45) is 11.3. The second-order valence-corrected chi connectivity index (χ2v) is 17.5. The van der Waals surface area contributed by atoms with Crippen molar-refractivity contribution in [3.05, 3.63) is 90.2 Å². The normalized spacial score (nSPS) is 21.2. The maximum absolute atomic E-state index is 14.5. The van der Waals surface area contributed by atoms with Gasteiger partial charge in [0.2, 0.25) is 5.91 Å². The molecule has 4 amide bonds. The molecule has 16 nitrogen and oxygen atoms in total. The van der Waals surface area contributed by atoms with E-state index < -0.39 is 24.3 Å². The van der Waals surface area contributed by atoms with E-state index >= 15 is 0 Å². The number of alkyl carbamates (subject to hydrolysis) is 1. The summed E-state index contributed by atoms with van der Waals surface area (Å²) in [6.45, 7) is 5.78. The maximum atomic E-state index is 14.5. The highest BCUT2D eigenvalue weighted by molar-refractivity contribution is 6.07. The molecular weight excluding hydrogens is 817 g/mol. The lowest BCUT2D eigenvalue weighted by Crippen LogP contribution is -2.96. The van der Waals surface area contributed by atoms with Crippen molar-refractivity contribution in [2.75, 3.05) is 41.0 Å². The Kier molecular flexibility index (Phi) is 12.0. The van der Waals surface area contributed by atoms with Crippen molar-refractivity contribution in [3.8, 4) is 28.1 Å². The largest absolute Gasteiger partial charge is 0.513 e. The number of benzene rings is 3. The Morgan fingerprint density at radius 3 is 2.58 bits per heavy atom. The maximum Gasteiger partial charge on any atom is 0.513 e. The molecule has 16 heteroatoms. The van der Waals surface area contributed by atoms with Gasteiger partial charge in [0.05, 0.1) is 55.8 Å². The number of hydrogen-bond donors (Lipinski definition) is 4. The third-order valence-electron chi connectivity index (χ3n) is 13.2. The molecular formula is C48H55N8O8+. The quantitative estimate of drug-likeness (QED) is 0.121. The number of carbonyl (C=O) groups is 4. The molecule has 2 aromatic heterocycles. The van der Waals surface area contributed by atoms with Crippen molar-refractivity contribution in [2.24, 2.45) is 17.8 Å². The van der Waals surface area contributed by atoms with Crippen molar-refractivity contribution in [1.29, 1.82) is 0 Å². The first-order chi connectivity index (χ1) is 31.0. The van der Waals surface area contributed by atoms with Crippen LogP contribution in [0.1, 0.15) is 68.8 Å². The number of carbonyl (C=O) groups excluding carboxylic acids is 4. The van der Waals surface area contributed by atoms with Gasteiger partial charge in [-0.3, -0.25) is 9.59 Å². The molecule has 5 heterocycles. The molecule has 0 bridgehead atoms. The van der Waals surface area contributed by atoms with Crippen molar-refractivity contribution in [1.82, 2.24) is 35.1 Å². The molecule has 1 aliphatic carbocycles. The first-order valence-corrected chi connectivity index (χ1v) is 22.0. The number of aromatic nitrogens is 4. The van der Waals surface area contributed by atoms with Gasteiger partial charge < -0.3 is 44.0 Å². The standard InChI is InChI=1S/C48H54N8O8/c1-26(2)40(53-47(59)62-4)45(57)55-17-9-12-37(55)43-49-22-36(51-43)30-13-15-32-31(19-30)25-64-39-21-33-29(20-34(32)39)14-16-35-42(33)52-44(50-35)38-18-27(24-61-3)23-56(38)46(58)41(54-48(60)63-5)28-10-7-6-8-11-28/h6-8,10,13-16,19-22,26-28,37-38,40-41H,9,11-12,17-18,23-25H2,1-5H3,(H,49,51)(H,50,52)(H,53,59)(H,54,60)/p+1. The Balaban J connectivity index is 0.971. The summed E-state index contributed by atoms with van der Waals surface area (Å²) in [5.74, 6) is 1.65. The zero-order chi connectivity index (χ0) is 44.6. The smallest absolute Gasteiger partial charge is 0.488 e. The van der Waals surface area contributed by atoms with E-state index in [2.05, 4.69) is 51.7 Å². The number of amides is 4.